The molecule has 28 heavy (non-hydrogen) atoms. The van der Waals surface area contributed by atoms with Crippen LogP contribution in [-0.4, -0.2) is 18.1 Å². The van der Waals surface area contributed by atoms with Crippen LogP contribution in [0.15, 0.2) is 72.9 Å². The lowest BCUT2D eigenvalue weighted by Crippen LogP contribution is -2.28. The average Bonchev–Trinajstić information content (AvgIpc) is 2.72. The molecule has 0 atom stereocenters. The number of methoxy groups -OCH3 is 1. The Morgan fingerprint density at radius 1 is 0.929 bits per heavy atom. The van der Waals surface area contributed by atoms with E-state index in [4.69, 9.17) is 9.47 Å². The van der Waals surface area contributed by atoms with Crippen LogP contribution in [0.25, 0.3) is 0 Å². The first-order valence-electron chi connectivity index (χ1n) is 8.97. The van der Waals surface area contributed by atoms with E-state index in [1.54, 1.807) is 13.3 Å². The normalized spacial score (nSPS) is 10.3. The van der Waals surface area contributed by atoms with Crippen molar-refractivity contribution < 1.29 is 14.3 Å². The van der Waals surface area contributed by atoms with E-state index in [1.165, 1.54) is 0 Å². The van der Waals surface area contributed by atoms with Crippen molar-refractivity contribution in [2.45, 2.75) is 19.8 Å². The van der Waals surface area contributed by atoms with Crippen molar-refractivity contribution in [3.05, 3.63) is 89.6 Å². The first-order chi connectivity index (χ1) is 13.7. The van der Waals surface area contributed by atoms with Gasteiger partial charge in [0.2, 0.25) is 5.88 Å². The molecule has 2 aromatic carbocycles. The lowest BCUT2D eigenvalue weighted by atomic mass is 10.2. The lowest BCUT2D eigenvalue weighted by Gasteiger charge is -2.10. The largest absolute Gasteiger partial charge is 0.473 e. The summed E-state index contributed by atoms with van der Waals surface area (Å²) in [5.74, 6) is 0.524. The van der Waals surface area contributed by atoms with Crippen LogP contribution in [0.4, 0.5) is 10.5 Å². The second kappa shape index (κ2) is 10.1. The van der Waals surface area contributed by atoms with E-state index in [0.717, 1.165) is 16.7 Å². The van der Waals surface area contributed by atoms with E-state index in [9.17, 15) is 4.79 Å². The Hall–Kier alpha value is -3.38. The zero-order valence-electron chi connectivity index (χ0n) is 15.7. The molecule has 0 saturated carbocycles. The summed E-state index contributed by atoms with van der Waals surface area (Å²) in [6.45, 7) is 1.32. The molecule has 0 bridgehead atoms. The number of benzene rings is 2. The highest BCUT2D eigenvalue weighted by atomic mass is 16.5. The monoisotopic (exact) mass is 377 g/mol. The number of pyridine rings is 1. The van der Waals surface area contributed by atoms with Crippen molar-refractivity contribution in [1.29, 1.82) is 0 Å². The van der Waals surface area contributed by atoms with E-state index in [0.29, 0.717) is 31.3 Å². The van der Waals surface area contributed by atoms with Gasteiger partial charge in [0.05, 0.1) is 6.61 Å². The molecule has 144 valence electrons. The zero-order chi connectivity index (χ0) is 19.6. The number of urea groups is 1. The maximum atomic E-state index is 12.2. The summed E-state index contributed by atoms with van der Waals surface area (Å²) in [5, 5.41) is 5.66. The van der Waals surface area contributed by atoms with Gasteiger partial charge in [-0.3, -0.25) is 0 Å². The SMILES string of the molecule is COCc1cccc(NC(=O)NCc2ccnc(OCc3ccccc3)c2)c1. The molecule has 3 rings (SSSR count). The van der Waals surface area contributed by atoms with Gasteiger partial charge in [-0.2, -0.15) is 0 Å². The molecule has 0 unspecified atom stereocenters. The molecule has 0 aliphatic rings. The number of ether oxygens (including phenoxy) is 2. The van der Waals surface area contributed by atoms with Crippen LogP contribution in [0.1, 0.15) is 16.7 Å². The van der Waals surface area contributed by atoms with Gasteiger partial charge in [-0.05, 0) is 34.9 Å². The van der Waals surface area contributed by atoms with Gasteiger partial charge in [-0.15, -0.1) is 0 Å². The zero-order valence-corrected chi connectivity index (χ0v) is 15.7. The molecule has 0 spiro atoms. The van der Waals surface area contributed by atoms with Gasteiger partial charge in [0.15, 0.2) is 0 Å². The Morgan fingerprint density at radius 2 is 1.75 bits per heavy atom. The summed E-state index contributed by atoms with van der Waals surface area (Å²) in [7, 11) is 1.64. The molecular weight excluding hydrogens is 354 g/mol. The Bertz CT molecular complexity index is 900. The van der Waals surface area contributed by atoms with Crippen LogP contribution in [0, 0.1) is 0 Å². The molecule has 2 amide bonds. The number of aromatic nitrogens is 1. The fraction of sp³-hybridized carbons (Fsp3) is 0.182. The third-order valence-corrected chi connectivity index (χ3v) is 3.98. The van der Waals surface area contributed by atoms with Crippen LogP contribution in [0.3, 0.4) is 0 Å². The summed E-state index contributed by atoms with van der Waals surface area (Å²) in [6.07, 6.45) is 1.67. The van der Waals surface area contributed by atoms with Gasteiger partial charge >= 0.3 is 6.03 Å². The number of anilines is 1. The van der Waals surface area contributed by atoms with E-state index in [-0.39, 0.29) is 6.03 Å². The molecule has 0 saturated heterocycles. The third-order valence-electron chi connectivity index (χ3n) is 3.98. The number of nitrogens with one attached hydrogen (secondary N) is 2. The highest BCUT2D eigenvalue weighted by Gasteiger charge is 2.04. The number of nitrogens with zero attached hydrogens (tertiary/aromatic N) is 1. The minimum absolute atomic E-state index is 0.280. The minimum Gasteiger partial charge on any atom is -0.473 e. The van der Waals surface area contributed by atoms with E-state index in [1.807, 2.05) is 66.7 Å². The smallest absolute Gasteiger partial charge is 0.319 e. The molecule has 0 aliphatic carbocycles. The minimum atomic E-state index is -0.280. The van der Waals surface area contributed by atoms with Crippen LogP contribution >= 0.6 is 0 Å². The summed E-state index contributed by atoms with van der Waals surface area (Å²) in [4.78, 5) is 16.4. The Labute approximate surface area is 164 Å². The first-order valence-corrected chi connectivity index (χ1v) is 8.97. The number of amides is 2. The van der Waals surface area contributed by atoms with E-state index < -0.39 is 0 Å². The Balaban J connectivity index is 1.50. The van der Waals surface area contributed by atoms with Crippen molar-refractivity contribution in [1.82, 2.24) is 10.3 Å². The number of hydrogen-bond donors (Lipinski definition) is 2. The highest BCUT2D eigenvalue weighted by molar-refractivity contribution is 5.89. The summed E-state index contributed by atoms with van der Waals surface area (Å²) in [5.41, 5.74) is 3.69. The van der Waals surface area contributed by atoms with Gasteiger partial charge in [0.1, 0.15) is 6.61 Å². The van der Waals surface area contributed by atoms with Gasteiger partial charge in [0.25, 0.3) is 0 Å². The van der Waals surface area contributed by atoms with Crippen LogP contribution in [0.5, 0.6) is 5.88 Å². The third kappa shape index (κ3) is 6.10. The molecule has 6 heteroatoms. The lowest BCUT2D eigenvalue weighted by molar-refractivity contribution is 0.185. The number of carbonyl (C=O) groups is 1. The standard InChI is InChI=1S/C22H23N3O3/c1-27-15-19-8-5-9-20(12-19)25-22(26)24-14-18-10-11-23-21(13-18)28-16-17-6-3-2-4-7-17/h2-13H,14-16H2,1H3,(H2,24,25,26). The molecule has 0 radical (unpaired) electrons. The number of rotatable bonds is 8. The highest BCUT2D eigenvalue weighted by Crippen LogP contribution is 2.13. The summed E-state index contributed by atoms with van der Waals surface area (Å²) < 4.78 is 10.8. The second-order valence-electron chi connectivity index (χ2n) is 6.22. The van der Waals surface area contributed by atoms with Crippen LogP contribution in [0.2, 0.25) is 0 Å². The molecular formula is C22H23N3O3. The van der Waals surface area contributed by atoms with Crippen LogP contribution < -0.4 is 15.4 Å². The second-order valence-corrected chi connectivity index (χ2v) is 6.22. The van der Waals surface area contributed by atoms with Gasteiger partial charge in [0, 0.05) is 31.6 Å². The fourth-order valence-corrected chi connectivity index (χ4v) is 2.63. The quantitative estimate of drug-likeness (QED) is 0.619. The predicted molar refractivity (Wildman–Crippen MR) is 108 cm³/mol. The Morgan fingerprint density at radius 3 is 2.57 bits per heavy atom. The molecule has 3 aromatic rings. The van der Waals surface area contributed by atoms with Crippen molar-refractivity contribution in [3.63, 3.8) is 0 Å². The summed E-state index contributed by atoms with van der Waals surface area (Å²) >= 11 is 0. The maximum Gasteiger partial charge on any atom is 0.319 e. The van der Waals surface area contributed by atoms with E-state index in [2.05, 4.69) is 15.6 Å². The van der Waals surface area contributed by atoms with Gasteiger partial charge < -0.3 is 20.1 Å². The molecule has 0 fully saturated rings. The van der Waals surface area contributed by atoms with Crippen molar-refractivity contribution >= 4 is 11.7 Å². The van der Waals surface area contributed by atoms with E-state index >= 15 is 0 Å². The molecule has 6 nitrogen and oxygen atoms in total. The number of hydrogen-bond acceptors (Lipinski definition) is 4. The van der Waals surface area contributed by atoms with Gasteiger partial charge in [-0.25, -0.2) is 9.78 Å². The topological polar surface area (TPSA) is 72.5 Å². The van der Waals surface area contributed by atoms with Crippen molar-refractivity contribution in [2.24, 2.45) is 0 Å². The van der Waals surface area contributed by atoms with Crippen molar-refractivity contribution in [2.75, 3.05) is 12.4 Å². The molecule has 1 heterocycles. The Kier molecular flexibility index (Phi) is 6.98. The summed E-state index contributed by atoms with van der Waals surface area (Å²) in [6, 6.07) is 20.8. The molecule has 1 aromatic heterocycles. The average molecular weight is 377 g/mol. The predicted octanol–water partition coefficient (Wildman–Crippen LogP) is 4.13. The van der Waals surface area contributed by atoms with Gasteiger partial charge in [-0.1, -0.05) is 42.5 Å². The van der Waals surface area contributed by atoms with Crippen molar-refractivity contribution in [3.8, 4) is 5.88 Å². The number of carbonyl (C=O) groups excluding carboxylic acids is 1. The first kappa shape index (κ1) is 19.4. The maximum absolute atomic E-state index is 12.2. The van der Waals surface area contributed by atoms with Crippen LogP contribution in [-0.2, 0) is 24.5 Å². The molecule has 0 aliphatic heterocycles. The molecule has 2 N–H and O–H groups in total. The fourth-order valence-electron chi connectivity index (χ4n) is 2.63.